The van der Waals surface area contributed by atoms with Gasteiger partial charge in [0.05, 0.1) is 12.4 Å². The standard InChI is InChI=1S/C9H19N3O5S/c1-4-17-8(13)7-11-9(14)10-5-6-18(15,16)12(2)3/h4-7H2,1-3H3,(H2,10,11,14). The second kappa shape index (κ2) is 7.88. The molecule has 0 saturated carbocycles. The van der Waals surface area contributed by atoms with E-state index < -0.39 is 22.0 Å². The maximum Gasteiger partial charge on any atom is 0.325 e. The fraction of sp³-hybridized carbons (Fsp3) is 0.778. The minimum Gasteiger partial charge on any atom is -0.465 e. The van der Waals surface area contributed by atoms with Gasteiger partial charge in [-0.2, -0.15) is 0 Å². The molecule has 0 bridgehead atoms. The van der Waals surface area contributed by atoms with Crippen molar-refractivity contribution in [2.24, 2.45) is 0 Å². The molecule has 0 spiro atoms. The molecule has 106 valence electrons. The highest BCUT2D eigenvalue weighted by molar-refractivity contribution is 7.89. The van der Waals surface area contributed by atoms with Crippen molar-refractivity contribution in [3.05, 3.63) is 0 Å². The molecule has 0 unspecified atom stereocenters. The smallest absolute Gasteiger partial charge is 0.325 e. The van der Waals surface area contributed by atoms with E-state index >= 15 is 0 Å². The van der Waals surface area contributed by atoms with Crippen molar-refractivity contribution in [3.63, 3.8) is 0 Å². The Morgan fingerprint density at radius 2 is 1.83 bits per heavy atom. The van der Waals surface area contributed by atoms with Gasteiger partial charge in [0, 0.05) is 20.6 Å². The van der Waals surface area contributed by atoms with E-state index in [1.807, 2.05) is 0 Å². The highest BCUT2D eigenvalue weighted by atomic mass is 32.2. The van der Waals surface area contributed by atoms with Crippen LogP contribution < -0.4 is 10.6 Å². The molecular formula is C9H19N3O5S. The largest absolute Gasteiger partial charge is 0.465 e. The fourth-order valence-corrected chi connectivity index (χ4v) is 1.63. The Bertz CT molecular complexity index is 380. The Labute approximate surface area is 107 Å². The van der Waals surface area contributed by atoms with Crippen LogP contribution in [0.25, 0.3) is 0 Å². The first kappa shape index (κ1) is 16.6. The van der Waals surface area contributed by atoms with Crippen LogP contribution >= 0.6 is 0 Å². The van der Waals surface area contributed by atoms with E-state index in [0.29, 0.717) is 0 Å². The van der Waals surface area contributed by atoms with E-state index in [4.69, 9.17) is 0 Å². The maximum atomic E-state index is 11.3. The van der Waals surface area contributed by atoms with E-state index in [1.54, 1.807) is 6.92 Å². The van der Waals surface area contributed by atoms with Crippen molar-refractivity contribution in [3.8, 4) is 0 Å². The summed E-state index contributed by atoms with van der Waals surface area (Å²) in [5.41, 5.74) is 0. The van der Waals surface area contributed by atoms with Crippen LogP contribution in [0.5, 0.6) is 0 Å². The number of esters is 1. The van der Waals surface area contributed by atoms with Crippen LogP contribution in [0.4, 0.5) is 4.79 Å². The SMILES string of the molecule is CCOC(=O)CNC(=O)NCCS(=O)(=O)N(C)C. The normalized spacial score (nSPS) is 11.1. The molecule has 9 heteroatoms. The average Bonchev–Trinajstić information content (AvgIpc) is 2.26. The molecule has 0 radical (unpaired) electrons. The Hall–Kier alpha value is -1.35. The molecule has 8 nitrogen and oxygen atoms in total. The highest BCUT2D eigenvalue weighted by Crippen LogP contribution is 1.91. The Morgan fingerprint density at radius 3 is 2.33 bits per heavy atom. The van der Waals surface area contributed by atoms with E-state index in [-0.39, 0.29) is 25.4 Å². The number of nitrogens with one attached hydrogen (secondary N) is 2. The third-order valence-electron chi connectivity index (χ3n) is 1.90. The summed E-state index contributed by atoms with van der Waals surface area (Å²) in [5, 5.41) is 4.58. The number of urea groups is 1. The van der Waals surface area contributed by atoms with E-state index in [2.05, 4.69) is 15.4 Å². The molecule has 18 heavy (non-hydrogen) atoms. The van der Waals surface area contributed by atoms with Gasteiger partial charge in [-0.05, 0) is 6.92 Å². The number of ether oxygens (including phenoxy) is 1. The van der Waals surface area contributed by atoms with Crippen LogP contribution in [0.15, 0.2) is 0 Å². The van der Waals surface area contributed by atoms with Gasteiger partial charge in [-0.3, -0.25) is 4.79 Å². The summed E-state index contributed by atoms with van der Waals surface area (Å²) < 4.78 is 28.4. The van der Waals surface area contributed by atoms with Gasteiger partial charge in [-0.25, -0.2) is 17.5 Å². The van der Waals surface area contributed by atoms with Crippen molar-refractivity contribution in [1.82, 2.24) is 14.9 Å². The monoisotopic (exact) mass is 281 g/mol. The van der Waals surface area contributed by atoms with Gasteiger partial charge in [0.2, 0.25) is 10.0 Å². The first-order chi connectivity index (χ1) is 8.29. The number of carbonyl (C=O) groups is 2. The average molecular weight is 281 g/mol. The third-order valence-corrected chi connectivity index (χ3v) is 3.73. The van der Waals surface area contributed by atoms with Crippen LogP contribution in [0.2, 0.25) is 0 Å². The zero-order valence-electron chi connectivity index (χ0n) is 10.7. The minimum absolute atomic E-state index is 0.0326. The maximum absolute atomic E-state index is 11.3. The third kappa shape index (κ3) is 7.07. The topological polar surface area (TPSA) is 105 Å². The molecule has 0 aliphatic heterocycles. The van der Waals surface area contributed by atoms with Crippen molar-refractivity contribution in [2.75, 3.05) is 39.5 Å². The van der Waals surface area contributed by atoms with Gasteiger partial charge in [-0.15, -0.1) is 0 Å². The van der Waals surface area contributed by atoms with Gasteiger partial charge in [0.25, 0.3) is 0 Å². The predicted molar refractivity (Wildman–Crippen MR) is 65.5 cm³/mol. The van der Waals surface area contributed by atoms with Crippen LogP contribution in [0.3, 0.4) is 0 Å². The minimum atomic E-state index is -3.33. The Kier molecular flexibility index (Phi) is 7.29. The second-order valence-corrected chi connectivity index (χ2v) is 5.82. The molecule has 0 aromatic heterocycles. The van der Waals surface area contributed by atoms with Gasteiger partial charge in [0.15, 0.2) is 0 Å². The highest BCUT2D eigenvalue weighted by Gasteiger charge is 2.13. The van der Waals surface area contributed by atoms with Gasteiger partial charge in [0.1, 0.15) is 6.54 Å². The quantitative estimate of drug-likeness (QED) is 0.567. The molecule has 0 aromatic rings. The lowest BCUT2D eigenvalue weighted by Crippen LogP contribution is -2.41. The summed E-state index contributed by atoms with van der Waals surface area (Å²) in [6.45, 7) is 1.61. The molecular weight excluding hydrogens is 262 g/mol. The molecule has 0 aromatic carbocycles. The zero-order valence-corrected chi connectivity index (χ0v) is 11.5. The molecule has 0 fully saturated rings. The lowest BCUT2D eigenvalue weighted by atomic mass is 10.6. The molecule has 0 atom stereocenters. The van der Waals surface area contributed by atoms with E-state index in [1.165, 1.54) is 14.1 Å². The van der Waals surface area contributed by atoms with Gasteiger partial charge < -0.3 is 15.4 Å². The molecule has 0 rings (SSSR count). The van der Waals surface area contributed by atoms with Crippen LogP contribution in [0, 0.1) is 0 Å². The molecule has 0 saturated heterocycles. The predicted octanol–water partition coefficient (Wildman–Crippen LogP) is -1.26. The molecule has 2 N–H and O–H groups in total. The number of nitrogens with zero attached hydrogens (tertiary/aromatic N) is 1. The first-order valence-electron chi connectivity index (χ1n) is 5.37. The van der Waals surface area contributed by atoms with Crippen LogP contribution in [-0.4, -0.2) is 64.3 Å². The molecule has 2 amide bonds. The summed E-state index contributed by atoms with van der Waals surface area (Å²) in [6, 6.07) is -0.614. The van der Waals surface area contributed by atoms with Gasteiger partial charge >= 0.3 is 12.0 Å². The van der Waals surface area contributed by atoms with E-state index in [9.17, 15) is 18.0 Å². The van der Waals surface area contributed by atoms with Crippen molar-refractivity contribution in [2.45, 2.75) is 6.92 Å². The summed E-state index contributed by atoms with van der Waals surface area (Å²) in [4.78, 5) is 22.1. The fourth-order valence-electron chi connectivity index (χ4n) is 0.903. The summed E-state index contributed by atoms with van der Waals surface area (Å²) in [5.74, 6) is -0.749. The zero-order chi connectivity index (χ0) is 14.2. The number of amides is 2. The number of carbonyl (C=O) groups excluding carboxylic acids is 2. The summed E-state index contributed by atoms with van der Waals surface area (Å²) in [6.07, 6.45) is 0. The molecule has 0 aliphatic rings. The number of hydrogen-bond acceptors (Lipinski definition) is 5. The van der Waals surface area contributed by atoms with E-state index in [0.717, 1.165) is 4.31 Å². The van der Waals surface area contributed by atoms with Gasteiger partial charge in [-0.1, -0.05) is 0 Å². The van der Waals surface area contributed by atoms with Crippen molar-refractivity contribution >= 4 is 22.0 Å². The Balaban J connectivity index is 3.82. The van der Waals surface area contributed by atoms with Crippen molar-refractivity contribution in [1.29, 1.82) is 0 Å². The van der Waals surface area contributed by atoms with Crippen molar-refractivity contribution < 1.29 is 22.7 Å². The summed E-state index contributed by atoms with van der Waals surface area (Å²) >= 11 is 0. The van der Waals surface area contributed by atoms with Crippen LogP contribution in [0.1, 0.15) is 6.92 Å². The second-order valence-electron chi connectivity index (χ2n) is 3.51. The Morgan fingerprint density at radius 1 is 1.22 bits per heavy atom. The molecule has 0 aliphatic carbocycles. The lowest BCUT2D eigenvalue weighted by Gasteiger charge is -2.11. The summed E-state index contributed by atoms with van der Waals surface area (Å²) in [7, 11) is -0.509. The number of hydrogen-bond donors (Lipinski definition) is 2. The molecule has 0 heterocycles. The van der Waals surface area contributed by atoms with Crippen LogP contribution in [-0.2, 0) is 19.6 Å². The number of rotatable bonds is 7. The lowest BCUT2D eigenvalue weighted by molar-refractivity contribution is -0.141. The number of sulfonamides is 1. The first-order valence-corrected chi connectivity index (χ1v) is 6.98.